The maximum atomic E-state index is 12.9. The van der Waals surface area contributed by atoms with Crippen LogP contribution in [0.2, 0.25) is 0 Å². The van der Waals surface area contributed by atoms with Gasteiger partial charge in [-0.3, -0.25) is 19.2 Å². The van der Waals surface area contributed by atoms with Crippen molar-refractivity contribution in [3.8, 4) is 67.8 Å². The van der Waals surface area contributed by atoms with Crippen LogP contribution in [0.5, 0.6) is 23.0 Å². The van der Waals surface area contributed by atoms with Crippen LogP contribution >= 0.6 is 0 Å². The smallest absolute Gasteiger partial charge is 0.303 e. The lowest BCUT2D eigenvalue weighted by Gasteiger charge is -2.08. The second-order valence-corrected chi connectivity index (χ2v) is 24.5. The molecule has 0 aliphatic rings. The van der Waals surface area contributed by atoms with Crippen LogP contribution in [0.25, 0.3) is 44.8 Å². The molecule has 0 aliphatic carbocycles. The molecule has 0 fully saturated rings. The number of nitrogens with two attached hydrogens (primary N) is 1. The van der Waals surface area contributed by atoms with Gasteiger partial charge in [-0.25, -0.2) is 0 Å². The number of nitrogens with one attached hydrogen (secondary N) is 3. The highest BCUT2D eigenvalue weighted by Gasteiger charge is 2.24. The first-order valence-corrected chi connectivity index (χ1v) is 36.9. The van der Waals surface area contributed by atoms with Gasteiger partial charge in [-0.05, 0) is 206 Å². The second-order valence-electron chi connectivity index (χ2n) is 24.5. The van der Waals surface area contributed by atoms with Crippen LogP contribution in [-0.4, -0.2) is 93.7 Å². The number of benzene rings is 4. The minimum Gasteiger partial charge on any atom is -0.497 e. The van der Waals surface area contributed by atoms with E-state index in [1.165, 1.54) is 51.4 Å². The Morgan fingerprint density at radius 3 is 0.981 bits per heavy atom. The van der Waals surface area contributed by atoms with Crippen molar-refractivity contribution in [1.82, 2.24) is 26.3 Å². The molecule has 3 amide bonds. The zero-order chi connectivity index (χ0) is 74.0. The van der Waals surface area contributed by atoms with E-state index < -0.39 is 5.97 Å². The molecule has 4 aromatic carbocycles. The number of carbonyl (C=O) groups excluding carboxylic acids is 3. The summed E-state index contributed by atoms with van der Waals surface area (Å²) in [6.07, 6.45) is 58.6. The molecule has 6 rings (SSSR count). The molecule has 0 saturated heterocycles. The number of amides is 3. The average Bonchev–Trinajstić information content (AvgIpc) is 1.64. The molecule has 0 spiro atoms. The number of allylic oxidation sites excluding steroid dienone is 16. The van der Waals surface area contributed by atoms with E-state index in [-0.39, 0.29) is 37.0 Å². The van der Waals surface area contributed by atoms with Crippen molar-refractivity contribution in [1.29, 1.82) is 0 Å². The summed E-state index contributed by atoms with van der Waals surface area (Å²) in [4.78, 5) is 47.8. The number of methoxy groups -OCH3 is 4. The first kappa shape index (κ1) is 85.7. The molecule has 2 heterocycles. The van der Waals surface area contributed by atoms with Gasteiger partial charge in [0.25, 0.3) is 0 Å². The molecular weight excluding hydrogens is 1290 g/mol. The molecule has 103 heavy (non-hydrogen) atoms. The van der Waals surface area contributed by atoms with Crippen molar-refractivity contribution in [2.24, 2.45) is 5.73 Å². The molecule has 17 heteroatoms. The van der Waals surface area contributed by atoms with Crippen molar-refractivity contribution in [2.45, 2.75) is 181 Å². The second kappa shape index (κ2) is 55.9. The van der Waals surface area contributed by atoms with Gasteiger partial charge in [-0.15, -0.1) is 0 Å². The molecule has 0 bridgehead atoms. The lowest BCUT2D eigenvalue weighted by Crippen LogP contribution is -2.28. The summed E-state index contributed by atoms with van der Waals surface area (Å²) in [6.45, 7) is 6.78. The Hall–Kier alpha value is -9.74. The lowest BCUT2D eigenvalue weighted by molar-refractivity contribution is -0.137. The highest BCUT2D eigenvalue weighted by molar-refractivity contribution is 5.88. The molecule has 17 nitrogen and oxygen atoms in total. The van der Waals surface area contributed by atoms with Gasteiger partial charge in [0.15, 0.2) is 11.5 Å². The normalized spacial score (nSPS) is 11.5. The van der Waals surface area contributed by atoms with Crippen LogP contribution in [0.4, 0.5) is 0 Å². The number of ether oxygens (including phenoxy) is 4. The lowest BCUT2D eigenvalue weighted by atomic mass is 9.98. The fourth-order valence-corrected chi connectivity index (χ4v) is 10.5. The van der Waals surface area contributed by atoms with E-state index in [1.807, 2.05) is 97.1 Å². The van der Waals surface area contributed by atoms with Crippen LogP contribution < -0.4 is 40.6 Å². The van der Waals surface area contributed by atoms with Crippen molar-refractivity contribution in [3.05, 3.63) is 206 Å². The van der Waals surface area contributed by atoms with Crippen molar-refractivity contribution in [3.63, 3.8) is 0 Å². The summed E-state index contributed by atoms with van der Waals surface area (Å²) in [7, 11) is 6.49. The zero-order valence-electron chi connectivity index (χ0n) is 62.2. The number of hydrogen-bond donors (Lipinski definition) is 5. The third-order valence-electron chi connectivity index (χ3n) is 16.3. The maximum Gasteiger partial charge on any atom is 0.303 e. The van der Waals surface area contributed by atoms with E-state index in [2.05, 4.69) is 137 Å². The van der Waals surface area contributed by atoms with Crippen LogP contribution in [0.1, 0.15) is 179 Å². The van der Waals surface area contributed by atoms with Gasteiger partial charge in [-0.1, -0.05) is 171 Å². The Labute approximate surface area is 613 Å². The molecule has 0 atom stereocenters. The highest BCUT2D eigenvalue weighted by Crippen LogP contribution is 2.38. The predicted octanol–water partition coefficient (Wildman–Crippen LogP) is 19.4. The van der Waals surface area contributed by atoms with E-state index in [4.69, 9.17) is 38.8 Å². The Balaban J connectivity index is 0.000000364. The highest BCUT2D eigenvalue weighted by atomic mass is 16.5. The number of unbranched alkanes of at least 4 members (excludes halogenated alkanes) is 10. The Bertz CT molecular complexity index is 3520. The summed E-state index contributed by atoms with van der Waals surface area (Å²) in [6, 6.07) is 30.3. The van der Waals surface area contributed by atoms with E-state index in [1.54, 1.807) is 28.4 Å². The van der Waals surface area contributed by atoms with Crippen molar-refractivity contribution < 1.29 is 52.3 Å². The number of carbonyl (C=O) groups is 4. The molecule has 0 aliphatic heterocycles. The van der Waals surface area contributed by atoms with Crippen molar-refractivity contribution >= 4 is 23.7 Å². The van der Waals surface area contributed by atoms with Gasteiger partial charge in [0.1, 0.15) is 34.4 Å². The topological polar surface area (TPSA) is 240 Å². The van der Waals surface area contributed by atoms with Crippen LogP contribution in [0.15, 0.2) is 203 Å². The van der Waals surface area contributed by atoms with Gasteiger partial charge in [-0.2, -0.15) is 0 Å². The number of rotatable bonds is 49. The molecule has 556 valence electrons. The summed E-state index contributed by atoms with van der Waals surface area (Å²) in [5, 5.41) is 26.0. The summed E-state index contributed by atoms with van der Waals surface area (Å²) in [5.41, 5.74) is 11.9. The fourth-order valence-electron chi connectivity index (χ4n) is 10.5. The van der Waals surface area contributed by atoms with Crippen LogP contribution in [0.3, 0.4) is 0 Å². The molecule has 0 saturated carbocycles. The van der Waals surface area contributed by atoms with Gasteiger partial charge in [0, 0.05) is 43.6 Å². The molecule has 6 aromatic rings. The standard InChI is InChI=1S/C43H57N3O5.C23H27N3O4.C20H32O2/c1-4-5-6-7-8-9-10-11-12-13-14-15-16-17-18-19-20-23-40(47)44-32-21-22-33-45-41(48)34-39-42(35-24-28-37(49-2)29-25-35)43(46-51-39)36-26-30-38(50-3)31-27-36;1-28-18-9-5-16(6-10-18)22-20(15-21(27)25-14-4-3-13-24)30-26-23(22)17-7-11-19(29-2)12-8-17;1-2-3-4-5-6-7-8-9-10-11-12-13-14-15-16-17-18-19-20(21)22/h8-9,11-12,14-15,17-18,24-31H,4-7,10,13,16,19-23,32-34H2,1-3H3,(H,44,47)(H,45,48);5-12H,3-4,13-15,24H2,1-2H3,(H,25,27);6-7,9-10,12-13,15-16H,2-5,8,11,14,17-19H2,1H3,(H,21,22)/b9-8-,12-11-,15-14-,18-17-;;7-6-,10-9-,13-12-,16-15-. The van der Waals surface area contributed by atoms with E-state index in [0.717, 1.165) is 146 Å². The maximum absolute atomic E-state index is 12.9. The molecule has 0 radical (unpaired) electrons. The Morgan fingerprint density at radius 1 is 0.379 bits per heavy atom. The van der Waals surface area contributed by atoms with E-state index >= 15 is 0 Å². The Kier molecular flexibility index (Phi) is 46.5. The minimum absolute atomic E-state index is 0.0562. The summed E-state index contributed by atoms with van der Waals surface area (Å²) in [5.74, 6) is 3.08. The molecule has 0 unspecified atom stereocenters. The number of carboxylic acid groups (broad SMARTS) is 1. The first-order valence-electron chi connectivity index (χ1n) is 36.9. The number of nitrogens with zero attached hydrogens (tertiary/aromatic N) is 2. The van der Waals surface area contributed by atoms with Crippen molar-refractivity contribution in [2.75, 3.05) is 54.6 Å². The number of aromatic nitrogens is 2. The van der Waals surface area contributed by atoms with E-state index in [0.29, 0.717) is 55.5 Å². The van der Waals surface area contributed by atoms with E-state index in [9.17, 15) is 19.2 Å². The molecule has 6 N–H and O–H groups in total. The number of hydrogen-bond acceptors (Lipinski definition) is 13. The first-order chi connectivity index (χ1) is 50.5. The molecule has 2 aromatic heterocycles. The van der Waals surface area contributed by atoms with Gasteiger partial charge in [0.05, 0.1) is 52.4 Å². The third kappa shape index (κ3) is 37.7. The predicted molar refractivity (Wildman–Crippen MR) is 419 cm³/mol. The SMILES string of the molecule is CCCCC/C=C\C/C=C\C/C=C\C/C=C\CCCC(=O)NCCCCNC(=O)Cc1onc(-c2ccc(OC)cc2)c1-c1ccc(OC)cc1.CCCCC/C=C\C/C=C\C/C=C\C/C=C\CCCC(=O)O.COc1ccc(-c2noc(CC(=O)NCCCCN)c2-c2ccc(OC)cc2)cc1. The summed E-state index contributed by atoms with van der Waals surface area (Å²) < 4.78 is 32.5. The zero-order valence-corrected chi connectivity index (χ0v) is 62.2. The van der Waals surface area contributed by atoms with Gasteiger partial charge >= 0.3 is 5.97 Å². The summed E-state index contributed by atoms with van der Waals surface area (Å²) >= 11 is 0. The quantitative estimate of drug-likeness (QED) is 0.0176. The third-order valence-corrected chi connectivity index (χ3v) is 16.3. The van der Waals surface area contributed by atoms with Gasteiger partial charge in [0.2, 0.25) is 17.7 Å². The Morgan fingerprint density at radius 2 is 0.670 bits per heavy atom. The van der Waals surface area contributed by atoms with Gasteiger partial charge < -0.3 is 54.8 Å². The fraction of sp³-hybridized carbons (Fsp3) is 0.419. The number of carboxylic acids is 1. The monoisotopic (exact) mass is 1410 g/mol. The largest absolute Gasteiger partial charge is 0.497 e. The van der Waals surface area contributed by atoms with Crippen LogP contribution in [0, 0.1) is 0 Å². The minimum atomic E-state index is -0.712. The molecular formula is C86H116N6O11. The van der Waals surface area contributed by atoms with Crippen LogP contribution in [-0.2, 0) is 32.0 Å². The number of aliphatic carboxylic acids is 1. The average molecular weight is 1410 g/mol.